The second-order valence-electron chi connectivity index (χ2n) is 4.67. The largest absolute Gasteiger partial charge is 0.339 e. The lowest BCUT2D eigenvalue weighted by atomic mass is 9.91. The fourth-order valence-corrected chi connectivity index (χ4v) is 2.94. The van der Waals surface area contributed by atoms with Crippen molar-refractivity contribution < 1.29 is 22.0 Å². The van der Waals surface area contributed by atoms with Crippen molar-refractivity contribution in [2.24, 2.45) is 0 Å². The molecule has 0 bridgehead atoms. The maximum Gasteiger partial charge on any atom is 0.264 e. The van der Waals surface area contributed by atoms with Gasteiger partial charge in [-0.3, -0.25) is 4.79 Å². The molecule has 0 aromatic heterocycles. The van der Waals surface area contributed by atoms with Crippen LogP contribution in [0, 0.1) is 11.6 Å². The molecule has 8 heteroatoms. The van der Waals surface area contributed by atoms with Crippen LogP contribution in [-0.2, 0) is 9.05 Å². The predicted octanol–water partition coefficient (Wildman–Crippen LogP) is 2.52. The monoisotopic (exact) mass is 323 g/mol. The Bertz CT molecular complexity index is 659. The van der Waals surface area contributed by atoms with Gasteiger partial charge < -0.3 is 4.90 Å². The SMILES string of the molecule is CN(C(=O)c1c(F)ccc(S(=O)(=O)Cl)c1F)C1CCC1. The van der Waals surface area contributed by atoms with Gasteiger partial charge in [-0.05, 0) is 31.4 Å². The molecule has 2 rings (SSSR count). The summed E-state index contributed by atoms with van der Waals surface area (Å²) in [5.41, 5.74) is -0.888. The van der Waals surface area contributed by atoms with E-state index in [1.54, 1.807) is 0 Å². The van der Waals surface area contributed by atoms with E-state index in [4.69, 9.17) is 10.7 Å². The molecule has 0 spiro atoms. The highest BCUT2D eigenvalue weighted by molar-refractivity contribution is 8.13. The molecule has 0 unspecified atom stereocenters. The van der Waals surface area contributed by atoms with Crippen LogP contribution in [0.15, 0.2) is 17.0 Å². The third-order valence-corrected chi connectivity index (χ3v) is 4.81. The number of carbonyl (C=O) groups is 1. The van der Waals surface area contributed by atoms with Crippen molar-refractivity contribution in [1.82, 2.24) is 4.90 Å². The molecule has 4 nitrogen and oxygen atoms in total. The van der Waals surface area contributed by atoms with Crippen LogP contribution in [0.5, 0.6) is 0 Å². The minimum absolute atomic E-state index is 0.0717. The van der Waals surface area contributed by atoms with Gasteiger partial charge in [0, 0.05) is 23.8 Å². The molecule has 1 aliphatic rings. The number of halogens is 3. The lowest BCUT2D eigenvalue weighted by Gasteiger charge is -2.34. The molecule has 1 aromatic carbocycles. The quantitative estimate of drug-likeness (QED) is 0.803. The Kier molecular flexibility index (Phi) is 4.02. The summed E-state index contributed by atoms with van der Waals surface area (Å²) in [7, 11) is 2.11. The van der Waals surface area contributed by atoms with E-state index in [9.17, 15) is 22.0 Å². The maximum absolute atomic E-state index is 14.1. The van der Waals surface area contributed by atoms with Crippen LogP contribution in [-0.4, -0.2) is 32.3 Å². The van der Waals surface area contributed by atoms with Crippen LogP contribution in [0.25, 0.3) is 0 Å². The minimum Gasteiger partial charge on any atom is -0.339 e. The first-order valence-corrected chi connectivity index (χ1v) is 8.24. The third-order valence-electron chi connectivity index (χ3n) is 3.47. The minimum atomic E-state index is -4.38. The summed E-state index contributed by atoms with van der Waals surface area (Å²) >= 11 is 0. The second kappa shape index (κ2) is 5.29. The smallest absolute Gasteiger partial charge is 0.264 e. The summed E-state index contributed by atoms with van der Waals surface area (Å²) in [6.07, 6.45) is 2.47. The van der Waals surface area contributed by atoms with Crippen LogP contribution in [0.3, 0.4) is 0 Å². The van der Waals surface area contributed by atoms with Gasteiger partial charge in [0.05, 0.1) is 0 Å². The molecular weight excluding hydrogens is 312 g/mol. The molecule has 0 heterocycles. The maximum atomic E-state index is 14.1. The second-order valence-corrected chi connectivity index (χ2v) is 7.21. The van der Waals surface area contributed by atoms with Crippen LogP contribution in [0.1, 0.15) is 29.6 Å². The van der Waals surface area contributed by atoms with Crippen molar-refractivity contribution >= 4 is 25.6 Å². The Hall–Kier alpha value is -1.21. The van der Waals surface area contributed by atoms with E-state index >= 15 is 0 Å². The van der Waals surface area contributed by atoms with Gasteiger partial charge in [0.15, 0.2) is 5.82 Å². The number of hydrogen-bond acceptors (Lipinski definition) is 3. The highest BCUT2D eigenvalue weighted by atomic mass is 35.7. The highest BCUT2D eigenvalue weighted by Crippen LogP contribution is 2.28. The lowest BCUT2D eigenvalue weighted by Crippen LogP contribution is -2.42. The summed E-state index contributed by atoms with van der Waals surface area (Å²) in [5.74, 6) is -3.44. The van der Waals surface area contributed by atoms with Gasteiger partial charge in [0.2, 0.25) is 0 Å². The molecule has 1 aliphatic carbocycles. The topological polar surface area (TPSA) is 54.5 Å². The number of rotatable bonds is 3. The normalized spacial score (nSPS) is 15.8. The average Bonchev–Trinajstić information content (AvgIpc) is 2.24. The Balaban J connectivity index is 2.47. The summed E-state index contributed by atoms with van der Waals surface area (Å²) in [6.45, 7) is 0. The molecular formula is C12H12ClF2NO3S. The zero-order valence-electron chi connectivity index (χ0n) is 10.6. The van der Waals surface area contributed by atoms with Gasteiger partial charge in [-0.2, -0.15) is 0 Å². The summed E-state index contributed by atoms with van der Waals surface area (Å²) in [4.78, 5) is 12.4. The third kappa shape index (κ3) is 2.64. The number of amides is 1. The molecule has 20 heavy (non-hydrogen) atoms. The summed E-state index contributed by atoms with van der Waals surface area (Å²) in [5, 5.41) is 0. The fourth-order valence-electron chi connectivity index (χ4n) is 2.03. The molecule has 1 aromatic rings. The van der Waals surface area contributed by atoms with Crippen LogP contribution in [0.4, 0.5) is 8.78 Å². The molecule has 1 fully saturated rings. The first-order chi connectivity index (χ1) is 9.23. The first kappa shape index (κ1) is 15.2. The van der Waals surface area contributed by atoms with E-state index in [0.29, 0.717) is 6.07 Å². The van der Waals surface area contributed by atoms with Crippen LogP contribution < -0.4 is 0 Å². The van der Waals surface area contributed by atoms with Gasteiger partial charge in [-0.1, -0.05) is 0 Å². The van der Waals surface area contributed by atoms with E-state index in [-0.39, 0.29) is 6.04 Å². The first-order valence-electron chi connectivity index (χ1n) is 5.93. The van der Waals surface area contributed by atoms with Crippen LogP contribution in [0.2, 0.25) is 0 Å². The summed E-state index contributed by atoms with van der Waals surface area (Å²) in [6, 6.07) is 1.35. The van der Waals surface area contributed by atoms with Crippen molar-refractivity contribution in [2.45, 2.75) is 30.2 Å². The molecule has 1 amide bonds. The molecule has 0 radical (unpaired) electrons. The van der Waals surface area contributed by atoms with Gasteiger partial charge in [-0.15, -0.1) is 0 Å². The Morgan fingerprint density at radius 1 is 1.35 bits per heavy atom. The highest BCUT2D eigenvalue weighted by Gasteiger charge is 2.32. The number of benzene rings is 1. The van der Waals surface area contributed by atoms with E-state index in [1.807, 2.05) is 0 Å². The van der Waals surface area contributed by atoms with E-state index < -0.39 is 37.1 Å². The Labute approximate surface area is 119 Å². The molecule has 0 saturated heterocycles. The zero-order chi connectivity index (χ0) is 15.1. The van der Waals surface area contributed by atoms with E-state index in [1.165, 1.54) is 11.9 Å². The Morgan fingerprint density at radius 3 is 2.40 bits per heavy atom. The Morgan fingerprint density at radius 2 is 1.95 bits per heavy atom. The number of nitrogens with zero attached hydrogens (tertiary/aromatic N) is 1. The van der Waals surface area contributed by atoms with E-state index in [0.717, 1.165) is 25.3 Å². The standard InChI is InChI=1S/C12H12ClF2NO3S/c1-16(7-3-2-4-7)12(17)10-8(14)5-6-9(11(10)15)20(13,18)19/h5-7H,2-4H2,1H3. The molecule has 0 atom stereocenters. The van der Waals surface area contributed by atoms with Gasteiger partial charge >= 0.3 is 0 Å². The van der Waals surface area contributed by atoms with Gasteiger partial charge in [-0.25, -0.2) is 17.2 Å². The molecule has 110 valence electrons. The van der Waals surface area contributed by atoms with E-state index in [2.05, 4.69) is 0 Å². The number of hydrogen-bond donors (Lipinski definition) is 0. The summed E-state index contributed by atoms with van der Waals surface area (Å²) < 4.78 is 50.1. The molecule has 1 saturated carbocycles. The van der Waals surface area contributed by atoms with Crippen molar-refractivity contribution in [3.05, 3.63) is 29.3 Å². The van der Waals surface area contributed by atoms with Crippen molar-refractivity contribution in [3.63, 3.8) is 0 Å². The van der Waals surface area contributed by atoms with Gasteiger partial charge in [0.25, 0.3) is 15.0 Å². The van der Waals surface area contributed by atoms with Crippen molar-refractivity contribution in [3.8, 4) is 0 Å². The lowest BCUT2D eigenvalue weighted by molar-refractivity contribution is 0.0641. The van der Waals surface area contributed by atoms with Crippen LogP contribution >= 0.6 is 10.7 Å². The number of carbonyl (C=O) groups excluding carboxylic acids is 1. The van der Waals surface area contributed by atoms with Crippen molar-refractivity contribution in [2.75, 3.05) is 7.05 Å². The molecule has 0 N–H and O–H groups in total. The molecule has 0 aliphatic heterocycles. The fraction of sp³-hybridized carbons (Fsp3) is 0.417. The zero-order valence-corrected chi connectivity index (χ0v) is 12.1. The van der Waals surface area contributed by atoms with Crippen molar-refractivity contribution in [1.29, 1.82) is 0 Å². The van der Waals surface area contributed by atoms with Gasteiger partial charge in [0.1, 0.15) is 16.3 Å². The average molecular weight is 324 g/mol. The predicted molar refractivity (Wildman–Crippen MR) is 69.1 cm³/mol.